The van der Waals surface area contributed by atoms with Gasteiger partial charge in [-0.1, -0.05) is 151 Å². The number of aromatic nitrogens is 4. The molecule has 0 saturated heterocycles. The molecule has 9 aromatic rings. The monoisotopic (exact) mass is 653 g/mol. The molecule has 7 aromatic carbocycles. The van der Waals surface area contributed by atoms with Crippen molar-refractivity contribution >= 4 is 21.8 Å². The summed E-state index contributed by atoms with van der Waals surface area (Å²) in [5.41, 5.74) is -5.42. The third-order valence-corrected chi connectivity index (χ3v) is 7.26. The molecule has 0 N–H and O–H groups in total. The maximum absolute atomic E-state index is 9.77. The van der Waals surface area contributed by atoms with E-state index in [1.165, 1.54) is 6.07 Å². The molecule has 0 aliphatic carbocycles. The second-order valence-electron chi connectivity index (χ2n) is 10.1. The molecule has 0 saturated carbocycles. The van der Waals surface area contributed by atoms with Gasteiger partial charge < -0.3 is 4.57 Å². The van der Waals surface area contributed by atoms with Crippen LogP contribution in [0.3, 0.4) is 0 Å². The quantitative estimate of drug-likeness (QED) is 0.179. The van der Waals surface area contributed by atoms with Gasteiger partial charge in [-0.2, -0.15) is 0 Å². The summed E-state index contributed by atoms with van der Waals surface area (Å²) < 4.78 is 237. The topological polar surface area (TPSA) is 43.6 Å². The first-order valence-corrected chi connectivity index (χ1v) is 14.3. The fourth-order valence-corrected chi connectivity index (χ4v) is 5.16. The van der Waals surface area contributed by atoms with E-state index in [4.69, 9.17) is 28.8 Å². The molecule has 0 unspecified atom stereocenters. The van der Waals surface area contributed by atoms with Crippen molar-refractivity contribution in [2.24, 2.45) is 0 Å². The zero-order valence-corrected chi connectivity index (χ0v) is 24.5. The molecule has 0 fully saturated rings. The molecule has 4 nitrogen and oxygen atoms in total. The lowest BCUT2D eigenvalue weighted by atomic mass is 9.99. The Morgan fingerprint density at radius 3 is 1.49 bits per heavy atom. The van der Waals surface area contributed by atoms with Crippen molar-refractivity contribution in [3.63, 3.8) is 0 Å². The van der Waals surface area contributed by atoms with Gasteiger partial charge in [0.15, 0.2) is 17.5 Å². The summed E-state index contributed by atoms with van der Waals surface area (Å²) in [4.78, 5) is 13.1. The Morgan fingerprint density at radius 1 is 0.388 bits per heavy atom. The van der Waals surface area contributed by atoms with Gasteiger partial charge in [-0.25, -0.2) is 15.0 Å². The normalized spacial score (nSPS) is 19.0. The summed E-state index contributed by atoms with van der Waals surface area (Å²) in [5.74, 6) is -1.94. The Bertz CT molecular complexity index is 3950. The predicted octanol–water partition coefficient (Wildman–Crippen LogP) is 11.3. The van der Waals surface area contributed by atoms with Crippen molar-refractivity contribution in [2.45, 2.75) is 0 Å². The van der Waals surface area contributed by atoms with Crippen molar-refractivity contribution in [2.75, 3.05) is 0 Å². The highest BCUT2D eigenvalue weighted by Gasteiger charge is 2.19. The van der Waals surface area contributed by atoms with Crippen LogP contribution < -0.4 is 0 Å². The number of nitrogens with zero attached hydrogens (tertiary/aromatic N) is 4. The first-order chi connectivity index (χ1) is 35.5. The van der Waals surface area contributed by atoms with Crippen LogP contribution in [0.4, 0.5) is 0 Å². The highest BCUT2D eigenvalue weighted by atomic mass is 15.0. The summed E-state index contributed by atoms with van der Waals surface area (Å²) in [7, 11) is 0. The lowest BCUT2D eigenvalue weighted by molar-refractivity contribution is 1.07. The molecule has 0 aliphatic rings. The van der Waals surface area contributed by atoms with Crippen LogP contribution in [0, 0.1) is 0 Å². The molecule has 49 heavy (non-hydrogen) atoms. The van der Waals surface area contributed by atoms with Crippen LogP contribution in [0.15, 0.2) is 181 Å². The zero-order valence-electron chi connectivity index (χ0n) is 51.5. The number of benzene rings is 7. The maximum atomic E-state index is 9.77. The van der Waals surface area contributed by atoms with E-state index in [9.17, 15) is 8.22 Å². The second kappa shape index (κ2) is 12.2. The summed E-state index contributed by atoms with van der Waals surface area (Å²) in [6.45, 7) is 0. The number of fused-ring (bicyclic) bond motifs is 3. The van der Waals surface area contributed by atoms with E-state index >= 15 is 0 Å². The molecular weight excluding hydrogens is 597 g/mol. The number of rotatable bonds is 6. The Balaban J connectivity index is 1.51. The van der Waals surface area contributed by atoms with Crippen LogP contribution in [0.2, 0.25) is 0 Å². The molecule has 0 aliphatic heterocycles. The molecule has 9 rings (SSSR count). The lowest BCUT2D eigenvalue weighted by Crippen LogP contribution is -2.02. The third kappa shape index (κ3) is 5.26. The Morgan fingerprint density at radius 2 is 0.878 bits per heavy atom. The predicted molar refractivity (Wildman–Crippen MR) is 201 cm³/mol. The van der Waals surface area contributed by atoms with E-state index in [1.807, 2.05) is 0 Å². The van der Waals surface area contributed by atoms with Gasteiger partial charge in [0, 0.05) is 33.0 Å². The summed E-state index contributed by atoms with van der Waals surface area (Å²) in [5, 5.41) is -0.936. The highest BCUT2D eigenvalue weighted by molar-refractivity contribution is 6.10. The molecule has 0 amide bonds. The summed E-state index contributed by atoms with van der Waals surface area (Å²) >= 11 is 0. The summed E-state index contributed by atoms with van der Waals surface area (Å²) in [6.07, 6.45) is 0. The second-order valence-corrected chi connectivity index (χ2v) is 10.1. The van der Waals surface area contributed by atoms with E-state index in [0.717, 1.165) is 16.7 Å². The molecule has 0 radical (unpaired) electrons. The van der Waals surface area contributed by atoms with E-state index < -0.39 is 236 Å². The van der Waals surface area contributed by atoms with Gasteiger partial charge >= 0.3 is 0 Å². The summed E-state index contributed by atoms with van der Waals surface area (Å²) in [6, 6.07) is -19.5. The van der Waals surface area contributed by atoms with E-state index in [0.29, 0.717) is 0 Å². The van der Waals surface area contributed by atoms with E-state index in [1.54, 1.807) is 0 Å². The number of hydrogen-bond donors (Lipinski definition) is 0. The molecule has 0 spiro atoms. The minimum atomic E-state index is -0.888. The first-order valence-electron chi connectivity index (χ1n) is 27.8. The Kier molecular flexibility index (Phi) is 3.01. The standard InChI is InChI=1S/C45H30N4/c1-5-15-31(16-6-1)35-25-27-38-37-23-13-14-24-40(37)49(42(38)30-35)41-28-26-36(29-39(41)32-17-7-2-8-18-32)45-47-43(33-19-9-3-10-20-33)46-44(48-45)34-21-11-4-12-22-34/h1-30H/i1D,2D,3D,4D,5D,6D,7D,8D,9D,10D,11D,12D,13D,14D,15D,16D,17D,18D,19D,20D,21D,22D,23D,24D,25D,27D,30D. The molecule has 230 valence electrons. The van der Waals surface area contributed by atoms with Crippen molar-refractivity contribution in [1.82, 2.24) is 19.5 Å². The van der Waals surface area contributed by atoms with Crippen LogP contribution >= 0.6 is 0 Å². The van der Waals surface area contributed by atoms with Crippen LogP contribution in [-0.2, 0) is 0 Å². The van der Waals surface area contributed by atoms with Gasteiger partial charge in [-0.15, -0.1) is 0 Å². The van der Waals surface area contributed by atoms with Crippen molar-refractivity contribution in [3.05, 3.63) is 181 Å². The van der Waals surface area contributed by atoms with Gasteiger partial charge in [0.05, 0.1) is 53.7 Å². The number of hydrogen-bond acceptors (Lipinski definition) is 3. The number of para-hydroxylation sites is 1. The van der Waals surface area contributed by atoms with Crippen LogP contribution in [0.25, 0.3) is 83.9 Å². The maximum Gasteiger partial charge on any atom is 0.164 e. The van der Waals surface area contributed by atoms with Gasteiger partial charge in [-0.3, -0.25) is 0 Å². The molecular formula is C45H30N4. The SMILES string of the molecule is [2H]c1c([2H])c([2H])c(-c2nc(-c3ccc(-n4c5c([2H])c([2H])c([2H])c([2H])c5c5c([2H])c([2H])c(-c6c([2H])c([2H])c([2H])c([2H])c6[2H])c([2H])c54)c(-c4c([2H])c([2H])c([2H])c([2H])c4[2H])c3)nc(-c3c([2H])c([2H])c([2H])c([2H])c3[2H])n2)c([2H])c1[2H]. The van der Waals surface area contributed by atoms with E-state index in [2.05, 4.69) is 15.0 Å². The highest BCUT2D eigenvalue weighted by Crippen LogP contribution is 2.39. The third-order valence-electron chi connectivity index (χ3n) is 7.26. The Hall–Kier alpha value is -6.65. The van der Waals surface area contributed by atoms with Crippen LogP contribution in [0.5, 0.6) is 0 Å². The largest absolute Gasteiger partial charge is 0.309 e. The van der Waals surface area contributed by atoms with E-state index in [-0.39, 0.29) is 11.3 Å². The smallest absolute Gasteiger partial charge is 0.164 e. The zero-order chi connectivity index (χ0) is 56.1. The van der Waals surface area contributed by atoms with Crippen LogP contribution in [0.1, 0.15) is 37.0 Å². The van der Waals surface area contributed by atoms with Crippen molar-refractivity contribution in [1.29, 1.82) is 0 Å². The van der Waals surface area contributed by atoms with Gasteiger partial charge in [0.25, 0.3) is 0 Å². The van der Waals surface area contributed by atoms with Crippen molar-refractivity contribution < 1.29 is 37.0 Å². The minimum Gasteiger partial charge on any atom is -0.309 e. The average molecular weight is 654 g/mol. The molecule has 4 heteroatoms. The molecule has 0 atom stereocenters. The average Bonchev–Trinajstić information content (AvgIpc) is 3.79. The van der Waals surface area contributed by atoms with Crippen LogP contribution in [-0.4, -0.2) is 19.5 Å². The van der Waals surface area contributed by atoms with Crippen molar-refractivity contribution in [3.8, 4) is 62.1 Å². The molecule has 0 bridgehead atoms. The fraction of sp³-hybridized carbons (Fsp3) is 0. The minimum absolute atomic E-state index is 0.251. The van der Waals surface area contributed by atoms with Gasteiger partial charge in [0.1, 0.15) is 0 Å². The first kappa shape index (κ1) is 12.1. The Labute approximate surface area is 322 Å². The molecule has 2 aromatic heterocycles. The van der Waals surface area contributed by atoms with Gasteiger partial charge in [-0.05, 0) is 47.0 Å². The molecule has 2 heterocycles. The van der Waals surface area contributed by atoms with Gasteiger partial charge in [0.2, 0.25) is 0 Å². The fourth-order valence-electron chi connectivity index (χ4n) is 5.16. The lowest BCUT2D eigenvalue weighted by Gasteiger charge is -2.16.